The van der Waals surface area contributed by atoms with Gasteiger partial charge in [-0.2, -0.15) is 0 Å². The van der Waals surface area contributed by atoms with Crippen molar-refractivity contribution in [1.29, 1.82) is 0 Å². The van der Waals surface area contributed by atoms with Crippen LogP contribution in [0.4, 0.5) is 9.59 Å². The van der Waals surface area contributed by atoms with Crippen molar-refractivity contribution in [3.63, 3.8) is 0 Å². The van der Waals surface area contributed by atoms with Gasteiger partial charge in [0.1, 0.15) is 12.2 Å². The minimum atomic E-state index is -1.69. The molecule has 25 heavy (non-hydrogen) atoms. The Labute approximate surface area is 160 Å². The Morgan fingerprint density at radius 3 is 2.68 bits per heavy atom. The van der Waals surface area contributed by atoms with E-state index in [-0.39, 0.29) is 25.2 Å². The van der Waals surface area contributed by atoms with E-state index in [1.165, 1.54) is 4.90 Å². The topological polar surface area (TPSA) is 92.3 Å². The molecule has 0 spiro atoms. The van der Waals surface area contributed by atoms with Crippen LogP contribution >= 0.6 is 34.8 Å². The average Bonchev–Trinajstić information content (AvgIpc) is 2.83. The highest BCUT2D eigenvalue weighted by atomic mass is 35.6. The predicted octanol–water partition coefficient (Wildman–Crippen LogP) is 2.54. The van der Waals surface area contributed by atoms with E-state index in [4.69, 9.17) is 44.3 Å². The van der Waals surface area contributed by atoms with Gasteiger partial charge in [0.2, 0.25) is 9.75 Å². The number of alkyl halides is 3. The number of alkyl carbamates (subject to hydrolysis) is 1. The van der Waals surface area contributed by atoms with Crippen LogP contribution in [-0.2, 0) is 9.47 Å². The number of hydrogen-bond donors (Lipinski definition) is 2. The van der Waals surface area contributed by atoms with E-state index in [0.29, 0.717) is 0 Å². The lowest BCUT2D eigenvalue weighted by atomic mass is 10.1. The van der Waals surface area contributed by atoms with E-state index >= 15 is 0 Å². The van der Waals surface area contributed by atoms with Crippen LogP contribution in [0.25, 0.3) is 0 Å². The lowest BCUT2D eigenvalue weighted by molar-refractivity contribution is 0.0561. The van der Waals surface area contributed by atoms with Gasteiger partial charge in [-0.3, -0.25) is 10.2 Å². The molecular weight excluding hydrogens is 395 g/mol. The Bertz CT molecular complexity index is 598. The minimum Gasteiger partial charge on any atom is -0.445 e. The first-order chi connectivity index (χ1) is 11.4. The highest BCUT2D eigenvalue weighted by Crippen LogP contribution is 2.27. The summed E-state index contributed by atoms with van der Waals surface area (Å²) in [6.07, 6.45) is 1.71. The number of carbonyl (C=O) groups is 2. The van der Waals surface area contributed by atoms with Gasteiger partial charge in [-0.25, -0.2) is 14.6 Å². The number of aliphatic imine (C=N–C) groups is 1. The van der Waals surface area contributed by atoms with Crippen LogP contribution in [0.3, 0.4) is 0 Å². The smallest absolute Gasteiger partial charge is 0.414 e. The number of nitrogens with one attached hydrogen (secondary N) is 2. The summed E-state index contributed by atoms with van der Waals surface area (Å²) in [7, 11) is 0. The zero-order chi connectivity index (χ0) is 18.8. The number of halogens is 3. The first kappa shape index (κ1) is 19.9. The number of ether oxygens (including phenoxy) is 2. The number of nitrogens with zero attached hydrogens (tertiary/aromatic N) is 2. The summed E-state index contributed by atoms with van der Waals surface area (Å²) in [5.74, 6) is 0.204. The monoisotopic (exact) mass is 412 g/mol. The SMILES string of the molecule is CC(C)(C)OC(=O)NC1=N[C@@H]2[C@@H](C=CCN2C(=O)OCC(Cl)(Cl)Cl)N1. The summed E-state index contributed by atoms with van der Waals surface area (Å²) in [6, 6.07) is -0.306. The van der Waals surface area contributed by atoms with Gasteiger partial charge in [0.15, 0.2) is 6.17 Å². The number of fused-ring (bicyclic) bond motifs is 1. The van der Waals surface area contributed by atoms with E-state index in [1.807, 2.05) is 6.08 Å². The Hall–Kier alpha value is -1.38. The summed E-state index contributed by atoms with van der Waals surface area (Å²) in [4.78, 5) is 29.7. The van der Waals surface area contributed by atoms with Gasteiger partial charge in [-0.05, 0) is 20.8 Å². The molecule has 0 aliphatic carbocycles. The maximum Gasteiger partial charge on any atom is 0.414 e. The molecule has 0 bridgehead atoms. The summed E-state index contributed by atoms with van der Waals surface area (Å²) in [5.41, 5.74) is -0.636. The van der Waals surface area contributed by atoms with Gasteiger partial charge in [0.05, 0.1) is 6.04 Å². The predicted molar refractivity (Wildman–Crippen MR) is 95.0 cm³/mol. The molecule has 2 amide bonds. The highest BCUT2D eigenvalue weighted by molar-refractivity contribution is 6.67. The second-order valence-corrected chi connectivity index (χ2v) is 8.95. The average molecular weight is 414 g/mol. The molecule has 0 radical (unpaired) electrons. The van der Waals surface area contributed by atoms with Crippen LogP contribution in [0.5, 0.6) is 0 Å². The lowest BCUT2D eigenvalue weighted by Gasteiger charge is -2.31. The van der Waals surface area contributed by atoms with Crippen molar-refractivity contribution in [3.8, 4) is 0 Å². The molecule has 0 saturated carbocycles. The Morgan fingerprint density at radius 1 is 1.40 bits per heavy atom. The van der Waals surface area contributed by atoms with Gasteiger partial charge in [-0.15, -0.1) is 0 Å². The summed E-state index contributed by atoms with van der Waals surface area (Å²) in [6.45, 7) is 5.16. The number of guanidine groups is 1. The minimum absolute atomic E-state index is 0.204. The lowest BCUT2D eigenvalue weighted by Crippen LogP contribution is -2.51. The highest BCUT2D eigenvalue weighted by Gasteiger charge is 2.38. The van der Waals surface area contributed by atoms with E-state index < -0.39 is 27.7 Å². The number of carbonyl (C=O) groups excluding carboxylic acids is 2. The molecule has 0 aromatic carbocycles. The standard InChI is InChI=1S/C14H19Cl3N4O4/c1-13(2,3)25-11(22)20-10-18-8-5-4-6-21(9(8)19-10)12(23)24-7-14(15,16)17/h4-5,8-9H,6-7H2,1-3H3,(H2,18,19,20,22)/t8-,9+/m1/s1. The maximum absolute atomic E-state index is 12.2. The van der Waals surface area contributed by atoms with Crippen LogP contribution in [-0.4, -0.2) is 57.8 Å². The van der Waals surface area contributed by atoms with Crippen molar-refractivity contribution in [3.05, 3.63) is 12.2 Å². The molecule has 2 rings (SSSR count). The molecule has 0 fully saturated rings. The van der Waals surface area contributed by atoms with Crippen LogP contribution in [0.2, 0.25) is 0 Å². The van der Waals surface area contributed by atoms with Crippen molar-refractivity contribution in [1.82, 2.24) is 15.5 Å². The fourth-order valence-corrected chi connectivity index (χ4v) is 2.36. The van der Waals surface area contributed by atoms with Crippen LogP contribution in [0.1, 0.15) is 20.8 Å². The van der Waals surface area contributed by atoms with E-state index in [2.05, 4.69) is 15.6 Å². The molecule has 2 heterocycles. The van der Waals surface area contributed by atoms with Crippen LogP contribution in [0, 0.1) is 0 Å². The molecule has 2 aliphatic rings. The van der Waals surface area contributed by atoms with Crippen molar-refractivity contribution in [2.45, 2.75) is 42.4 Å². The Morgan fingerprint density at radius 2 is 2.08 bits per heavy atom. The van der Waals surface area contributed by atoms with Crippen molar-refractivity contribution in [2.75, 3.05) is 13.2 Å². The van der Waals surface area contributed by atoms with Crippen molar-refractivity contribution < 1.29 is 19.1 Å². The van der Waals surface area contributed by atoms with Gasteiger partial charge in [0, 0.05) is 6.54 Å². The third-order valence-corrected chi connectivity index (χ3v) is 3.39. The number of rotatable bonds is 1. The second kappa shape index (κ2) is 7.47. The van der Waals surface area contributed by atoms with Gasteiger partial charge < -0.3 is 14.8 Å². The maximum atomic E-state index is 12.2. The molecule has 0 aromatic rings. The Balaban J connectivity index is 2.00. The largest absolute Gasteiger partial charge is 0.445 e. The van der Waals surface area contributed by atoms with Crippen molar-refractivity contribution >= 4 is 52.9 Å². The second-order valence-electron chi connectivity index (χ2n) is 6.44. The van der Waals surface area contributed by atoms with E-state index in [9.17, 15) is 9.59 Å². The third kappa shape index (κ3) is 6.13. The third-order valence-electron chi connectivity index (χ3n) is 3.06. The van der Waals surface area contributed by atoms with Crippen LogP contribution in [0.15, 0.2) is 17.1 Å². The molecule has 140 valence electrons. The zero-order valence-corrected chi connectivity index (χ0v) is 16.2. The van der Waals surface area contributed by atoms with Crippen LogP contribution < -0.4 is 10.6 Å². The first-order valence-electron chi connectivity index (χ1n) is 7.46. The summed E-state index contributed by atoms with van der Waals surface area (Å²) >= 11 is 16.7. The van der Waals surface area contributed by atoms with Gasteiger partial charge >= 0.3 is 12.2 Å². The zero-order valence-electron chi connectivity index (χ0n) is 13.9. The molecule has 0 unspecified atom stereocenters. The molecule has 8 nitrogen and oxygen atoms in total. The quantitative estimate of drug-likeness (QED) is 0.509. The van der Waals surface area contributed by atoms with Gasteiger partial charge in [-0.1, -0.05) is 47.0 Å². The molecule has 2 N–H and O–H groups in total. The molecule has 0 saturated heterocycles. The molecule has 11 heteroatoms. The first-order valence-corrected chi connectivity index (χ1v) is 8.59. The molecule has 2 aliphatic heterocycles. The molecular formula is C14H19Cl3N4O4. The fraction of sp³-hybridized carbons (Fsp3) is 0.643. The molecule has 0 aromatic heterocycles. The van der Waals surface area contributed by atoms with Crippen molar-refractivity contribution in [2.24, 2.45) is 4.99 Å². The normalized spacial score (nSPS) is 22.6. The summed E-state index contributed by atoms with van der Waals surface area (Å²) in [5, 5.41) is 5.50. The summed E-state index contributed by atoms with van der Waals surface area (Å²) < 4.78 is 8.46. The van der Waals surface area contributed by atoms with Gasteiger partial charge in [0.25, 0.3) is 0 Å². The number of hydrogen-bond acceptors (Lipinski definition) is 6. The van der Waals surface area contributed by atoms with E-state index in [1.54, 1.807) is 26.8 Å². The Kier molecular flexibility index (Phi) is 5.96. The number of amides is 2. The fourth-order valence-electron chi connectivity index (χ4n) is 2.20. The van der Waals surface area contributed by atoms with E-state index in [0.717, 1.165) is 0 Å². The molecule has 2 atom stereocenters.